The summed E-state index contributed by atoms with van der Waals surface area (Å²) in [5.74, 6) is -0.182. The SMILES string of the molecule is CCCNc1ccc(Cl)cc1C(=O)Nc1ccc(Br)cc1. The minimum Gasteiger partial charge on any atom is -0.384 e. The average molecular weight is 368 g/mol. The highest BCUT2D eigenvalue weighted by molar-refractivity contribution is 9.10. The Morgan fingerprint density at radius 1 is 1.19 bits per heavy atom. The minimum absolute atomic E-state index is 0.182. The first-order chi connectivity index (χ1) is 10.1. The summed E-state index contributed by atoms with van der Waals surface area (Å²) in [4.78, 5) is 12.4. The van der Waals surface area contributed by atoms with Gasteiger partial charge in [0.05, 0.1) is 5.56 Å². The van der Waals surface area contributed by atoms with Gasteiger partial charge in [-0.2, -0.15) is 0 Å². The first kappa shape index (κ1) is 15.9. The lowest BCUT2D eigenvalue weighted by molar-refractivity contribution is 0.102. The van der Waals surface area contributed by atoms with Crippen LogP contribution in [0.3, 0.4) is 0 Å². The number of benzene rings is 2. The van der Waals surface area contributed by atoms with Gasteiger partial charge in [0.1, 0.15) is 0 Å². The molecule has 0 heterocycles. The third kappa shape index (κ3) is 4.48. The maximum Gasteiger partial charge on any atom is 0.257 e. The second-order valence-corrected chi connectivity index (χ2v) is 5.93. The van der Waals surface area contributed by atoms with Crippen molar-refractivity contribution in [2.75, 3.05) is 17.2 Å². The quantitative estimate of drug-likeness (QED) is 0.765. The number of nitrogens with one attached hydrogen (secondary N) is 2. The van der Waals surface area contributed by atoms with Crippen LogP contribution in [0.4, 0.5) is 11.4 Å². The average Bonchev–Trinajstić information content (AvgIpc) is 2.48. The Morgan fingerprint density at radius 3 is 2.57 bits per heavy atom. The topological polar surface area (TPSA) is 41.1 Å². The number of hydrogen-bond acceptors (Lipinski definition) is 2. The molecule has 2 aromatic carbocycles. The van der Waals surface area contributed by atoms with Crippen molar-refractivity contribution in [3.05, 3.63) is 57.5 Å². The zero-order valence-corrected chi connectivity index (χ0v) is 14.0. The summed E-state index contributed by atoms with van der Waals surface area (Å²) in [7, 11) is 0. The lowest BCUT2D eigenvalue weighted by atomic mass is 10.1. The van der Waals surface area contributed by atoms with E-state index in [0.717, 1.165) is 28.8 Å². The van der Waals surface area contributed by atoms with E-state index in [4.69, 9.17) is 11.6 Å². The van der Waals surface area contributed by atoms with Crippen molar-refractivity contribution >= 4 is 44.8 Å². The Bertz CT molecular complexity index is 629. The fraction of sp³-hybridized carbons (Fsp3) is 0.188. The molecule has 0 unspecified atom stereocenters. The molecule has 0 aliphatic heterocycles. The summed E-state index contributed by atoms with van der Waals surface area (Å²) in [6, 6.07) is 12.7. The van der Waals surface area contributed by atoms with E-state index >= 15 is 0 Å². The van der Waals surface area contributed by atoms with Gasteiger partial charge in [0, 0.05) is 27.4 Å². The summed E-state index contributed by atoms with van der Waals surface area (Å²) in [5.41, 5.74) is 2.07. The predicted molar refractivity (Wildman–Crippen MR) is 92.3 cm³/mol. The van der Waals surface area contributed by atoms with Crippen LogP contribution in [0, 0.1) is 0 Å². The zero-order chi connectivity index (χ0) is 15.2. The fourth-order valence-corrected chi connectivity index (χ4v) is 2.29. The molecule has 0 fully saturated rings. The molecule has 1 amide bonds. The highest BCUT2D eigenvalue weighted by Gasteiger charge is 2.12. The van der Waals surface area contributed by atoms with Crippen molar-refractivity contribution in [3.63, 3.8) is 0 Å². The van der Waals surface area contributed by atoms with Crippen LogP contribution in [0.2, 0.25) is 5.02 Å². The van der Waals surface area contributed by atoms with Gasteiger partial charge in [-0.15, -0.1) is 0 Å². The van der Waals surface area contributed by atoms with Crippen LogP contribution in [0.5, 0.6) is 0 Å². The van der Waals surface area contributed by atoms with Crippen LogP contribution in [-0.4, -0.2) is 12.5 Å². The van der Waals surface area contributed by atoms with E-state index in [1.54, 1.807) is 12.1 Å². The Morgan fingerprint density at radius 2 is 1.90 bits per heavy atom. The summed E-state index contributed by atoms with van der Waals surface area (Å²) >= 11 is 9.37. The van der Waals surface area contributed by atoms with Gasteiger partial charge >= 0.3 is 0 Å². The van der Waals surface area contributed by atoms with Crippen molar-refractivity contribution in [3.8, 4) is 0 Å². The summed E-state index contributed by atoms with van der Waals surface area (Å²) in [5, 5.41) is 6.65. The first-order valence-corrected chi connectivity index (χ1v) is 7.87. The third-order valence-corrected chi connectivity index (χ3v) is 3.66. The summed E-state index contributed by atoms with van der Waals surface area (Å²) in [6.45, 7) is 2.88. The smallest absolute Gasteiger partial charge is 0.257 e. The number of hydrogen-bond donors (Lipinski definition) is 2. The molecule has 0 aliphatic carbocycles. The van der Waals surface area contributed by atoms with E-state index in [1.807, 2.05) is 30.3 Å². The van der Waals surface area contributed by atoms with E-state index in [1.165, 1.54) is 0 Å². The Balaban J connectivity index is 2.20. The second kappa shape index (κ2) is 7.48. The van der Waals surface area contributed by atoms with Gasteiger partial charge in [0.15, 0.2) is 0 Å². The van der Waals surface area contributed by atoms with Crippen LogP contribution in [0.15, 0.2) is 46.9 Å². The largest absolute Gasteiger partial charge is 0.384 e. The molecule has 110 valence electrons. The Kier molecular flexibility index (Phi) is 5.65. The molecule has 0 saturated carbocycles. The lowest BCUT2D eigenvalue weighted by Gasteiger charge is -2.12. The minimum atomic E-state index is -0.182. The molecule has 0 atom stereocenters. The molecule has 0 saturated heterocycles. The maximum absolute atomic E-state index is 12.4. The van der Waals surface area contributed by atoms with Gasteiger partial charge in [0.2, 0.25) is 0 Å². The summed E-state index contributed by atoms with van der Waals surface area (Å²) in [6.07, 6.45) is 0.983. The standard InChI is InChI=1S/C16H16BrClN2O/c1-2-9-19-15-8-5-12(18)10-14(15)16(21)20-13-6-3-11(17)4-7-13/h3-8,10,19H,2,9H2,1H3,(H,20,21). The molecule has 5 heteroatoms. The van der Waals surface area contributed by atoms with E-state index in [9.17, 15) is 4.79 Å². The molecule has 0 spiro atoms. The number of rotatable bonds is 5. The van der Waals surface area contributed by atoms with Crippen molar-refractivity contribution in [1.82, 2.24) is 0 Å². The highest BCUT2D eigenvalue weighted by atomic mass is 79.9. The molecule has 2 rings (SSSR count). The molecule has 2 N–H and O–H groups in total. The summed E-state index contributed by atoms with van der Waals surface area (Å²) < 4.78 is 0.966. The van der Waals surface area contributed by atoms with E-state index in [-0.39, 0.29) is 5.91 Å². The van der Waals surface area contributed by atoms with Crippen molar-refractivity contribution in [2.45, 2.75) is 13.3 Å². The van der Waals surface area contributed by atoms with E-state index in [0.29, 0.717) is 10.6 Å². The van der Waals surface area contributed by atoms with Gasteiger partial charge in [-0.05, 0) is 48.9 Å². The molecule has 3 nitrogen and oxygen atoms in total. The zero-order valence-electron chi connectivity index (χ0n) is 11.6. The number of halogens is 2. The molecule has 21 heavy (non-hydrogen) atoms. The third-order valence-electron chi connectivity index (χ3n) is 2.89. The van der Waals surface area contributed by atoms with Crippen molar-refractivity contribution in [2.24, 2.45) is 0 Å². The van der Waals surface area contributed by atoms with Crippen LogP contribution in [0.1, 0.15) is 23.7 Å². The highest BCUT2D eigenvalue weighted by Crippen LogP contribution is 2.22. The van der Waals surface area contributed by atoms with Gasteiger partial charge in [-0.3, -0.25) is 4.79 Å². The van der Waals surface area contributed by atoms with Crippen LogP contribution >= 0.6 is 27.5 Å². The van der Waals surface area contributed by atoms with Gasteiger partial charge in [0.25, 0.3) is 5.91 Å². The Hall–Kier alpha value is -1.52. The number of anilines is 2. The molecule has 0 aliphatic rings. The van der Waals surface area contributed by atoms with Crippen LogP contribution < -0.4 is 10.6 Å². The van der Waals surface area contributed by atoms with Gasteiger partial charge in [-0.25, -0.2) is 0 Å². The maximum atomic E-state index is 12.4. The molecule has 0 bridgehead atoms. The molecular weight excluding hydrogens is 352 g/mol. The van der Waals surface area contributed by atoms with E-state index in [2.05, 4.69) is 33.5 Å². The van der Waals surface area contributed by atoms with Crippen molar-refractivity contribution in [1.29, 1.82) is 0 Å². The lowest BCUT2D eigenvalue weighted by Crippen LogP contribution is -2.15. The number of carbonyl (C=O) groups excluding carboxylic acids is 1. The molecule has 0 radical (unpaired) electrons. The van der Waals surface area contributed by atoms with Crippen LogP contribution in [0.25, 0.3) is 0 Å². The normalized spacial score (nSPS) is 10.2. The second-order valence-electron chi connectivity index (χ2n) is 4.58. The monoisotopic (exact) mass is 366 g/mol. The predicted octanol–water partition coefficient (Wildman–Crippen LogP) is 5.18. The van der Waals surface area contributed by atoms with Crippen LogP contribution in [-0.2, 0) is 0 Å². The molecule has 2 aromatic rings. The first-order valence-electron chi connectivity index (χ1n) is 6.70. The van der Waals surface area contributed by atoms with Crippen molar-refractivity contribution < 1.29 is 4.79 Å². The van der Waals surface area contributed by atoms with Gasteiger partial charge < -0.3 is 10.6 Å². The Labute approximate surface area is 137 Å². The molecular formula is C16H16BrClN2O. The molecule has 0 aromatic heterocycles. The van der Waals surface area contributed by atoms with E-state index < -0.39 is 0 Å². The van der Waals surface area contributed by atoms with Gasteiger partial charge in [-0.1, -0.05) is 34.5 Å². The number of carbonyl (C=O) groups is 1. The fourth-order valence-electron chi connectivity index (χ4n) is 1.85. The number of amides is 1.